The average Bonchev–Trinajstić information content (AvgIpc) is 3.20. The van der Waals surface area contributed by atoms with Gasteiger partial charge in [0.05, 0.1) is 16.6 Å². The first-order chi connectivity index (χ1) is 18.6. The summed E-state index contributed by atoms with van der Waals surface area (Å²) in [7, 11) is 0. The summed E-state index contributed by atoms with van der Waals surface area (Å²) in [6.45, 7) is 20.0. The normalized spacial score (nSPS) is 31.9. The predicted molar refractivity (Wildman–Crippen MR) is 162 cm³/mol. The molecule has 3 aliphatic rings. The molecule has 6 nitrogen and oxygen atoms in total. The minimum absolute atomic E-state index is 0.195. The molecule has 1 heterocycles. The average molecular weight is 569 g/mol. The van der Waals surface area contributed by atoms with Crippen molar-refractivity contribution in [2.24, 2.45) is 28.1 Å². The quantitative estimate of drug-likeness (QED) is 0.227. The van der Waals surface area contributed by atoms with E-state index in [-0.39, 0.29) is 30.3 Å². The van der Waals surface area contributed by atoms with E-state index < -0.39 is 45.3 Å². The highest BCUT2D eigenvalue weighted by Crippen LogP contribution is 2.69. The van der Waals surface area contributed by atoms with Gasteiger partial charge in [-0.1, -0.05) is 56.2 Å². The Hall–Kier alpha value is -2.31. The summed E-state index contributed by atoms with van der Waals surface area (Å²) in [5, 5.41) is 21.7. The Morgan fingerprint density at radius 1 is 1.02 bits per heavy atom. The smallest absolute Gasteiger partial charge is 0.184 e. The second-order valence-corrected chi connectivity index (χ2v) is 14.8. The molecule has 0 aromatic heterocycles. The zero-order valence-corrected chi connectivity index (χ0v) is 27.1. The highest BCUT2D eigenvalue weighted by Gasteiger charge is 2.78. The molecular weight excluding hydrogens is 516 g/mol. The van der Waals surface area contributed by atoms with E-state index in [4.69, 9.17) is 4.74 Å². The van der Waals surface area contributed by atoms with Gasteiger partial charge in [-0.25, -0.2) is 0 Å². The SMILES string of the molecule is CC(C)=CCC[C@]1(C)[C@@H](/C=C/C(C)(C)O)C[C@]23C[C@@H](C(C)(C)O)OC2=C(CC=C(C)C)C(=O)[C@@]1(C(=O)C(C)C)C3=O. The Morgan fingerprint density at radius 3 is 2.10 bits per heavy atom. The van der Waals surface area contributed by atoms with E-state index >= 15 is 9.59 Å². The molecule has 0 amide bonds. The van der Waals surface area contributed by atoms with E-state index in [1.165, 1.54) is 0 Å². The van der Waals surface area contributed by atoms with Crippen LogP contribution in [-0.2, 0) is 19.1 Å². The number of hydrogen-bond donors (Lipinski definition) is 2. The molecule has 6 heteroatoms. The van der Waals surface area contributed by atoms with Crippen LogP contribution in [0.4, 0.5) is 0 Å². The molecule has 1 aliphatic heterocycles. The Kier molecular flexibility index (Phi) is 8.97. The van der Waals surface area contributed by atoms with Gasteiger partial charge in [0.25, 0.3) is 0 Å². The van der Waals surface area contributed by atoms with Crippen molar-refractivity contribution < 1.29 is 29.3 Å². The van der Waals surface area contributed by atoms with Gasteiger partial charge in [0.2, 0.25) is 0 Å². The first kappa shape index (κ1) is 33.2. The number of fused-ring (bicyclic) bond motifs is 1. The van der Waals surface area contributed by atoms with Crippen LogP contribution in [-0.4, -0.2) is 44.9 Å². The minimum Gasteiger partial charge on any atom is -0.490 e. The summed E-state index contributed by atoms with van der Waals surface area (Å²) in [5.41, 5.74) is -4.05. The molecule has 228 valence electrons. The molecule has 1 saturated carbocycles. The van der Waals surface area contributed by atoms with Crippen LogP contribution in [0.3, 0.4) is 0 Å². The molecule has 0 aromatic rings. The van der Waals surface area contributed by atoms with Gasteiger partial charge in [0.15, 0.2) is 22.8 Å². The number of rotatable bonds is 10. The summed E-state index contributed by atoms with van der Waals surface area (Å²) in [6, 6.07) is 0. The van der Waals surface area contributed by atoms with Gasteiger partial charge in [0.1, 0.15) is 11.9 Å². The van der Waals surface area contributed by atoms with Crippen molar-refractivity contribution in [1.82, 2.24) is 0 Å². The first-order valence-corrected chi connectivity index (χ1v) is 15.1. The number of aliphatic hydroxyl groups is 2. The van der Waals surface area contributed by atoms with Crippen molar-refractivity contribution in [3.8, 4) is 0 Å². The maximum atomic E-state index is 15.2. The zero-order valence-electron chi connectivity index (χ0n) is 27.1. The molecule has 2 aliphatic carbocycles. The van der Waals surface area contributed by atoms with Crippen LogP contribution in [0.1, 0.15) is 108 Å². The topological polar surface area (TPSA) is 101 Å². The molecule has 0 aromatic carbocycles. The molecule has 5 atom stereocenters. The monoisotopic (exact) mass is 568 g/mol. The lowest BCUT2D eigenvalue weighted by atomic mass is 9.38. The first-order valence-electron chi connectivity index (χ1n) is 15.1. The Bertz CT molecular complexity index is 1210. The van der Waals surface area contributed by atoms with Gasteiger partial charge in [-0.05, 0) is 87.0 Å². The maximum Gasteiger partial charge on any atom is 0.184 e. The van der Waals surface area contributed by atoms with Crippen LogP contribution < -0.4 is 0 Å². The highest BCUT2D eigenvalue weighted by atomic mass is 16.5. The molecule has 0 unspecified atom stereocenters. The van der Waals surface area contributed by atoms with Crippen molar-refractivity contribution in [2.75, 3.05) is 0 Å². The van der Waals surface area contributed by atoms with E-state index in [1.54, 1.807) is 47.6 Å². The maximum absolute atomic E-state index is 15.2. The predicted octanol–water partition coefficient (Wildman–Crippen LogP) is 6.61. The second-order valence-electron chi connectivity index (χ2n) is 14.8. The number of carbonyl (C=O) groups excluding carboxylic acids is 3. The van der Waals surface area contributed by atoms with Crippen molar-refractivity contribution in [2.45, 2.75) is 126 Å². The van der Waals surface area contributed by atoms with Gasteiger partial charge in [-0.15, -0.1) is 0 Å². The van der Waals surface area contributed by atoms with Crippen LogP contribution in [0.15, 0.2) is 46.8 Å². The van der Waals surface area contributed by atoms with Gasteiger partial charge < -0.3 is 14.9 Å². The van der Waals surface area contributed by atoms with Crippen molar-refractivity contribution in [3.63, 3.8) is 0 Å². The zero-order chi connectivity index (χ0) is 31.3. The molecule has 0 radical (unpaired) electrons. The Labute approximate surface area is 247 Å². The molecule has 1 saturated heterocycles. The Balaban J connectivity index is 2.47. The summed E-state index contributed by atoms with van der Waals surface area (Å²) in [5.74, 6) is -1.79. The van der Waals surface area contributed by atoms with E-state index in [2.05, 4.69) is 6.08 Å². The molecular formula is C35H52O6. The van der Waals surface area contributed by atoms with Crippen LogP contribution in [0.5, 0.6) is 0 Å². The molecule has 2 bridgehead atoms. The minimum atomic E-state index is -1.91. The van der Waals surface area contributed by atoms with Crippen LogP contribution in [0.2, 0.25) is 0 Å². The van der Waals surface area contributed by atoms with E-state index in [0.29, 0.717) is 30.6 Å². The van der Waals surface area contributed by atoms with Gasteiger partial charge in [-0.3, -0.25) is 14.4 Å². The van der Waals surface area contributed by atoms with Gasteiger partial charge >= 0.3 is 0 Å². The number of allylic oxidation sites excluding steroid dienone is 7. The number of Topliss-reactive ketones (excluding diaryl/α,β-unsaturated/α-hetero) is 3. The van der Waals surface area contributed by atoms with Crippen LogP contribution in [0, 0.1) is 28.1 Å². The molecule has 1 spiro atoms. The summed E-state index contributed by atoms with van der Waals surface area (Å²) in [4.78, 5) is 44.8. The number of ether oxygens (including phenoxy) is 1. The second kappa shape index (κ2) is 11.1. The molecule has 3 rings (SSSR count). The number of carbonyl (C=O) groups is 3. The largest absolute Gasteiger partial charge is 0.490 e. The fourth-order valence-electron chi connectivity index (χ4n) is 7.21. The Morgan fingerprint density at radius 2 is 1.61 bits per heavy atom. The summed E-state index contributed by atoms with van der Waals surface area (Å²) >= 11 is 0. The van der Waals surface area contributed by atoms with Crippen LogP contribution in [0.25, 0.3) is 0 Å². The fraction of sp³-hybridized carbons (Fsp3) is 0.686. The standard InChI is InChI=1S/C35H52O6/c1-21(2)13-12-17-33(11)24(16-18-31(7,8)39)19-34-20-26(32(9,10)40)41-29(34)25(15-14-22(3)4)28(37)35(33,30(34)38)27(36)23(5)6/h13-14,16,18,23-24,26,39-40H,12,15,17,19-20H2,1-11H3/b18-16+/t24-,26-,33+,34-,35-/m0/s1. The summed E-state index contributed by atoms with van der Waals surface area (Å²) < 4.78 is 6.42. The van der Waals surface area contributed by atoms with Gasteiger partial charge in [0, 0.05) is 23.3 Å². The number of hydrogen-bond acceptors (Lipinski definition) is 6. The van der Waals surface area contributed by atoms with Crippen molar-refractivity contribution in [3.05, 3.63) is 46.8 Å². The van der Waals surface area contributed by atoms with Gasteiger partial charge in [-0.2, -0.15) is 0 Å². The molecule has 41 heavy (non-hydrogen) atoms. The lowest BCUT2D eigenvalue weighted by molar-refractivity contribution is -0.176. The fourth-order valence-corrected chi connectivity index (χ4v) is 7.21. The van der Waals surface area contributed by atoms with E-state index in [1.807, 2.05) is 46.8 Å². The molecule has 2 fully saturated rings. The third-order valence-corrected chi connectivity index (χ3v) is 9.49. The van der Waals surface area contributed by atoms with Crippen LogP contribution >= 0.6 is 0 Å². The van der Waals surface area contributed by atoms with Crippen molar-refractivity contribution in [1.29, 1.82) is 0 Å². The van der Waals surface area contributed by atoms with E-state index in [0.717, 1.165) is 11.1 Å². The lowest BCUT2D eigenvalue weighted by Crippen LogP contribution is -2.70. The van der Waals surface area contributed by atoms with Crippen molar-refractivity contribution >= 4 is 17.3 Å². The molecule has 2 N–H and O–H groups in total. The number of ketones is 3. The lowest BCUT2D eigenvalue weighted by Gasteiger charge is -2.60. The van der Waals surface area contributed by atoms with E-state index in [9.17, 15) is 15.0 Å². The summed E-state index contributed by atoms with van der Waals surface area (Å²) in [6.07, 6.45) is 8.80. The third-order valence-electron chi connectivity index (χ3n) is 9.49. The third kappa shape index (κ3) is 5.59. The highest BCUT2D eigenvalue weighted by molar-refractivity contribution is 6.33.